The van der Waals surface area contributed by atoms with Gasteiger partial charge in [-0.1, -0.05) is 48.5 Å². The molecule has 1 N–H and O–H groups in total. The Balaban J connectivity index is 1.73. The summed E-state index contributed by atoms with van der Waals surface area (Å²) in [5.74, 6) is 0. The van der Waals surface area contributed by atoms with Crippen LogP contribution in [0.25, 0.3) is 0 Å². The van der Waals surface area contributed by atoms with Crippen LogP contribution in [0.4, 0.5) is 4.79 Å². The summed E-state index contributed by atoms with van der Waals surface area (Å²) in [7, 11) is 0. The van der Waals surface area contributed by atoms with E-state index in [4.69, 9.17) is 0 Å². The van der Waals surface area contributed by atoms with Gasteiger partial charge in [0.05, 0.1) is 0 Å². The number of nitrogens with one attached hydrogen (secondary N) is 1. The number of amides is 1. The molecule has 0 aromatic heterocycles. The fraction of sp³-hybridized carbons (Fsp3) is 0.133. The molecule has 0 aliphatic carbocycles. The molecule has 0 aliphatic rings. The molecule has 2 rings (SSSR count). The number of hydrogen-bond donors (Lipinski definition) is 1. The van der Waals surface area contributed by atoms with E-state index in [9.17, 15) is 4.79 Å². The highest BCUT2D eigenvalue weighted by Gasteiger charge is 2.02. The van der Waals surface area contributed by atoms with Crippen LogP contribution in [0.3, 0.4) is 0 Å². The van der Waals surface area contributed by atoms with Gasteiger partial charge < -0.3 is 5.32 Å². The summed E-state index contributed by atoms with van der Waals surface area (Å²) in [6, 6.07) is 19.8. The SMILES string of the molecule is O=C(NCCc1ccccc1)Sc1ccccc1. The lowest BCUT2D eigenvalue weighted by atomic mass is 10.2. The molecule has 2 aromatic carbocycles. The van der Waals surface area contributed by atoms with Crippen LogP contribution in [0.15, 0.2) is 65.6 Å². The van der Waals surface area contributed by atoms with Crippen molar-refractivity contribution in [3.63, 3.8) is 0 Å². The van der Waals surface area contributed by atoms with Crippen molar-refractivity contribution in [2.24, 2.45) is 0 Å². The van der Waals surface area contributed by atoms with Crippen molar-refractivity contribution in [1.29, 1.82) is 0 Å². The molecule has 0 heterocycles. The number of carbonyl (C=O) groups is 1. The average Bonchev–Trinajstić information content (AvgIpc) is 2.41. The highest BCUT2D eigenvalue weighted by Crippen LogP contribution is 2.17. The third-order valence-corrected chi connectivity index (χ3v) is 3.32. The van der Waals surface area contributed by atoms with Crippen molar-refractivity contribution in [3.05, 3.63) is 66.2 Å². The Morgan fingerprint density at radius 2 is 1.56 bits per heavy atom. The minimum Gasteiger partial charge on any atom is -0.346 e. The third-order valence-electron chi connectivity index (χ3n) is 2.48. The molecular weight excluding hydrogens is 242 g/mol. The summed E-state index contributed by atoms with van der Waals surface area (Å²) in [6.45, 7) is 0.669. The molecule has 1 amide bonds. The summed E-state index contributed by atoms with van der Waals surface area (Å²) >= 11 is 1.23. The Hall–Kier alpha value is -1.74. The predicted octanol–water partition coefficient (Wildman–Crippen LogP) is 3.73. The highest BCUT2D eigenvalue weighted by molar-refractivity contribution is 8.13. The highest BCUT2D eigenvalue weighted by atomic mass is 32.2. The molecule has 0 radical (unpaired) electrons. The summed E-state index contributed by atoms with van der Waals surface area (Å²) in [5, 5.41) is 2.90. The van der Waals surface area contributed by atoms with E-state index in [1.807, 2.05) is 48.5 Å². The van der Waals surface area contributed by atoms with Gasteiger partial charge in [-0.05, 0) is 35.9 Å². The predicted molar refractivity (Wildman–Crippen MR) is 75.8 cm³/mol. The van der Waals surface area contributed by atoms with Crippen molar-refractivity contribution in [1.82, 2.24) is 5.32 Å². The maximum absolute atomic E-state index is 11.7. The van der Waals surface area contributed by atoms with Gasteiger partial charge in [-0.3, -0.25) is 4.79 Å². The Labute approximate surface area is 111 Å². The lowest BCUT2D eigenvalue weighted by molar-refractivity contribution is 0.261. The number of hydrogen-bond acceptors (Lipinski definition) is 2. The molecule has 18 heavy (non-hydrogen) atoms. The van der Waals surface area contributed by atoms with Crippen LogP contribution in [-0.2, 0) is 6.42 Å². The van der Waals surface area contributed by atoms with Gasteiger partial charge in [0, 0.05) is 11.4 Å². The third kappa shape index (κ3) is 4.26. The molecule has 0 saturated heterocycles. The second kappa shape index (κ2) is 6.87. The number of thioether (sulfide) groups is 1. The second-order valence-electron chi connectivity index (χ2n) is 3.86. The van der Waals surface area contributed by atoms with Crippen LogP contribution in [0, 0.1) is 0 Å². The molecule has 0 aliphatic heterocycles. The van der Waals surface area contributed by atoms with Crippen molar-refractivity contribution in [2.75, 3.05) is 6.54 Å². The molecule has 3 heteroatoms. The molecule has 0 saturated carbocycles. The van der Waals surface area contributed by atoms with Crippen LogP contribution in [0.2, 0.25) is 0 Å². The first-order chi connectivity index (χ1) is 8.84. The van der Waals surface area contributed by atoms with Crippen molar-refractivity contribution in [3.8, 4) is 0 Å². The lowest BCUT2D eigenvalue weighted by Crippen LogP contribution is -2.21. The van der Waals surface area contributed by atoms with Crippen LogP contribution >= 0.6 is 11.8 Å². The zero-order valence-corrected chi connectivity index (χ0v) is 10.8. The van der Waals surface area contributed by atoms with Gasteiger partial charge in [-0.25, -0.2) is 0 Å². The first-order valence-electron chi connectivity index (χ1n) is 5.89. The summed E-state index contributed by atoms with van der Waals surface area (Å²) in [5.41, 5.74) is 1.24. The van der Waals surface area contributed by atoms with Gasteiger partial charge in [0.1, 0.15) is 0 Å². The number of benzene rings is 2. The minimum absolute atomic E-state index is 0.00266. The topological polar surface area (TPSA) is 29.1 Å². The zero-order chi connectivity index (χ0) is 12.6. The Morgan fingerprint density at radius 3 is 2.22 bits per heavy atom. The van der Waals surface area contributed by atoms with E-state index in [1.54, 1.807) is 0 Å². The normalized spacial score (nSPS) is 10.0. The molecule has 0 atom stereocenters. The maximum atomic E-state index is 11.7. The molecule has 2 aromatic rings. The molecule has 0 bridgehead atoms. The maximum Gasteiger partial charge on any atom is 0.283 e. The van der Waals surface area contributed by atoms with Gasteiger partial charge in [-0.2, -0.15) is 0 Å². The fourth-order valence-electron chi connectivity index (χ4n) is 1.59. The summed E-state index contributed by atoms with van der Waals surface area (Å²) in [4.78, 5) is 12.6. The zero-order valence-electron chi connectivity index (χ0n) is 10.0. The monoisotopic (exact) mass is 257 g/mol. The lowest BCUT2D eigenvalue weighted by Gasteiger charge is -2.04. The quantitative estimate of drug-likeness (QED) is 0.846. The Bertz CT molecular complexity index is 484. The van der Waals surface area contributed by atoms with Crippen molar-refractivity contribution in [2.45, 2.75) is 11.3 Å². The Morgan fingerprint density at radius 1 is 0.944 bits per heavy atom. The number of carbonyl (C=O) groups excluding carboxylic acids is 1. The van der Waals surface area contributed by atoms with E-state index in [1.165, 1.54) is 17.3 Å². The van der Waals surface area contributed by atoms with Gasteiger partial charge in [0.15, 0.2) is 0 Å². The van der Waals surface area contributed by atoms with Gasteiger partial charge in [-0.15, -0.1) is 0 Å². The molecule has 0 fully saturated rings. The minimum atomic E-state index is -0.00266. The Kier molecular flexibility index (Phi) is 4.85. The number of rotatable bonds is 4. The fourth-order valence-corrected chi connectivity index (χ4v) is 2.27. The van der Waals surface area contributed by atoms with Crippen molar-refractivity contribution >= 4 is 17.0 Å². The van der Waals surface area contributed by atoms with E-state index in [0.29, 0.717) is 6.54 Å². The smallest absolute Gasteiger partial charge is 0.283 e. The van der Waals surface area contributed by atoms with Crippen molar-refractivity contribution < 1.29 is 4.79 Å². The van der Waals surface area contributed by atoms with Gasteiger partial charge >= 0.3 is 0 Å². The van der Waals surface area contributed by atoms with Gasteiger partial charge in [0.25, 0.3) is 5.24 Å². The summed E-state index contributed by atoms with van der Waals surface area (Å²) < 4.78 is 0. The van der Waals surface area contributed by atoms with Gasteiger partial charge in [0.2, 0.25) is 0 Å². The van der Waals surface area contributed by atoms with E-state index in [-0.39, 0.29) is 5.24 Å². The van der Waals surface area contributed by atoms with E-state index >= 15 is 0 Å². The molecule has 0 spiro atoms. The molecule has 0 unspecified atom stereocenters. The average molecular weight is 257 g/mol. The molecule has 2 nitrogen and oxygen atoms in total. The van der Waals surface area contributed by atoms with Crippen LogP contribution < -0.4 is 5.32 Å². The summed E-state index contributed by atoms with van der Waals surface area (Å²) in [6.07, 6.45) is 0.863. The first kappa shape index (κ1) is 12.7. The molecular formula is C15H15NOS. The molecule has 92 valence electrons. The first-order valence-corrected chi connectivity index (χ1v) is 6.71. The van der Waals surface area contributed by atoms with E-state index in [0.717, 1.165) is 11.3 Å². The van der Waals surface area contributed by atoms with Crippen LogP contribution in [-0.4, -0.2) is 11.8 Å². The van der Waals surface area contributed by atoms with E-state index < -0.39 is 0 Å². The van der Waals surface area contributed by atoms with Crippen LogP contribution in [0.5, 0.6) is 0 Å². The largest absolute Gasteiger partial charge is 0.346 e. The van der Waals surface area contributed by atoms with Crippen LogP contribution in [0.1, 0.15) is 5.56 Å². The standard InChI is InChI=1S/C15H15NOS/c17-15(18-14-9-5-2-6-10-14)16-12-11-13-7-3-1-4-8-13/h1-10H,11-12H2,(H,16,17). The second-order valence-corrected chi connectivity index (χ2v) is 4.91. The van der Waals surface area contributed by atoms with E-state index in [2.05, 4.69) is 17.4 Å².